The standard InChI is InChI=1S/C17H28N4O/c1-3-21(4-2)16-9-8-13(11-19-16)12-20-17(22)15-7-5-6-14(15)10-18/h8-9,11,14-15H,3-7,10,12,18H2,1-2H3,(H,20,22)/t14-,15-/m1/s1. The van der Waals surface area contributed by atoms with E-state index in [0.29, 0.717) is 19.0 Å². The molecule has 1 saturated carbocycles. The molecule has 1 heterocycles. The van der Waals surface area contributed by atoms with Gasteiger partial charge in [-0.25, -0.2) is 4.98 Å². The fourth-order valence-corrected chi connectivity index (χ4v) is 3.24. The molecule has 1 amide bonds. The molecule has 5 nitrogen and oxygen atoms in total. The molecule has 122 valence electrons. The molecule has 22 heavy (non-hydrogen) atoms. The normalized spacial score (nSPS) is 20.9. The summed E-state index contributed by atoms with van der Waals surface area (Å²) in [6.45, 7) is 7.28. The highest BCUT2D eigenvalue weighted by Crippen LogP contribution is 2.30. The number of carbonyl (C=O) groups excluding carboxylic acids is 1. The summed E-state index contributed by atoms with van der Waals surface area (Å²) in [5.74, 6) is 1.57. The zero-order valence-electron chi connectivity index (χ0n) is 13.7. The van der Waals surface area contributed by atoms with Crippen molar-refractivity contribution in [3.05, 3.63) is 23.9 Å². The Morgan fingerprint density at radius 3 is 2.73 bits per heavy atom. The van der Waals surface area contributed by atoms with Crippen LogP contribution in [0.2, 0.25) is 0 Å². The highest BCUT2D eigenvalue weighted by Gasteiger charge is 2.31. The Balaban J connectivity index is 1.87. The second-order valence-corrected chi connectivity index (χ2v) is 5.95. The van der Waals surface area contributed by atoms with Gasteiger partial charge in [-0.05, 0) is 50.8 Å². The van der Waals surface area contributed by atoms with Crippen LogP contribution in [0.25, 0.3) is 0 Å². The van der Waals surface area contributed by atoms with Gasteiger partial charge < -0.3 is 16.0 Å². The number of amides is 1. The minimum Gasteiger partial charge on any atom is -0.357 e. The molecule has 0 unspecified atom stereocenters. The van der Waals surface area contributed by atoms with Crippen LogP contribution < -0.4 is 16.0 Å². The van der Waals surface area contributed by atoms with Gasteiger partial charge in [0.25, 0.3) is 0 Å². The lowest BCUT2D eigenvalue weighted by atomic mass is 9.95. The molecule has 2 atom stereocenters. The quantitative estimate of drug-likeness (QED) is 0.807. The third kappa shape index (κ3) is 3.97. The van der Waals surface area contributed by atoms with Gasteiger partial charge >= 0.3 is 0 Å². The summed E-state index contributed by atoms with van der Waals surface area (Å²) >= 11 is 0. The molecule has 0 spiro atoms. The third-order valence-corrected chi connectivity index (χ3v) is 4.66. The summed E-state index contributed by atoms with van der Waals surface area (Å²) in [5, 5.41) is 3.03. The number of nitrogens with one attached hydrogen (secondary N) is 1. The number of nitrogens with two attached hydrogens (primary N) is 1. The van der Waals surface area contributed by atoms with E-state index in [4.69, 9.17) is 5.73 Å². The first-order chi connectivity index (χ1) is 10.7. The predicted octanol–water partition coefficient (Wildman–Crippen LogP) is 1.92. The van der Waals surface area contributed by atoms with Gasteiger partial charge in [-0.2, -0.15) is 0 Å². The van der Waals surface area contributed by atoms with Crippen LogP contribution in [-0.4, -0.2) is 30.5 Å². The van der Waals surface area contributed by atoms with Crippen LogP contribution in [0.3, 0.4) is 0 Å². The van der Waals surface area contributed by atoms with Crippen LogP contribution in [-0.2, 0) is 11.3 Å². The molecule has 2 rings (SSSR count). The van der Waals surface area contributed by atoms with E-state index in [1.165, 1.54) is 0 Å². The number of carbonyl (C=O) groups is 1. The van der Waals surface area contributed by atoms with Crippen LogP contribution in [0.1, 0.15) is 38.7 Å². The Labute approximate surface area is 133 Å². The highest BCUT2D eigenvalue weighted by molar-refractivity contribution is 5.79. The van der Waals surface area contributed by atoms with Crippen molar-refractivity contribution in [2.45, 2.75) is 39.7 Å². The zero-order chi connectivity index (χ0) is 15.9. The molecular weight excluding hydrogens is 276 g/mol. The SMILES string of the molecule is CCN(CC)c1ccc(CNC(=O)[C@@H]2CCC[C@@H]2CN)cn1. The summed E-state index contributed by atoms with van der Waals surface area (Å²) in [6.07, 6.45) is 5.00. The fraction of sp³-hybridized carbons (Fsp3) is 0.647. The van der Waals surface area contributed by atoms with Crippen LogP contribution in [0.15, 0.2) is 18.3 Å². The second kappa shape index (κ2) is 8.13. The van der Waals surface area contributed by atoms with Gasteiger partial charge in [0.2, 0.25) is 5.91 Å². The van der Waals surface area contributed by atoms with E-state index in [2.05, 4.69) is 29.0 Å². The summed E-state index contributed by atoms with van der Waals surface area (Å²) in [6, 6.07) is 4.06. The Morgan fingerprint density at radius 1 is 1.36 bits per heavy atom. The molecule has 0 bridgehead atoms. The average Bonchev–Trinajstić information content (AvgIpc) is 3.03. The maximum atomic E-state index is 12.3. The van der Waals surface area contributed by atoms with Crippen LogP contribution in [0, 0.1) is 11.8 Å². The molecule has 3 N–H and O–H groups in total. The number of pyridine rings is 1. The number of hydrogen-bond acceptors (Lipinski definition) is 4. The molecule has 1 aliphatic rings. The molecule has 0 aromatic carbocycles. The lowest BCUT2D eigenvalue weighted by molar-refractivity contribution is -0.126. The monoisotopic (exact) mass is 304 g/mol. The van der Waals surface area contributed by atoms with Crippen molar-refractivity contribution in [3.63, 3.8) is 0 Å². The average molecular weight is 304 g/mol. The minimum atomic E-state index is 0.0907. The Hall–Kier alpha value is -1.62. The number of aromatic nitrogens is 1. The van der Waals surface area contributed by atoms with Gasteiger partial charge in [-0.15, -0.1) is 0 Å². The molecule has 1 fully saturated rings. The van der Waals surface area contributed by atoms with Crippen molar-refractivity contribution < 1.29 is 4.79 Å². The fourth-order valence-electron chi connectivity index (χ4n) is 3.24. The van der Waals surface area contributed by atoms with E-state index in [1.54, 1.807) is 0 Å². The first-order valence-corrected chi connectivity index (χ1v) is 8.37. The molecule has 1 aromatic rings. The predicted molar refractivity (Wildman–Crippen MR) is 89.5 cm³/mol. The number of hydrogen-bond donors (Lipinski definition) is 2. The highest BCUT2D eigenvalue weighted by atomic mass is 16.1. The molecule has 0 aliphatic heterocycles. The van der Waals surface area contributed by atoms with Gasteiger partial charge in [-0.1, -0.05) is 12.5 Å². The van der Waals surface area contributed by atoms with E-state index in [1.807, 2.05) is 18.3 Å². The number of anilines is 1. The lowest BCUT2D eigenvalue weighted by Crippen LogP contribution is -2.34. The van der Waals surface area contributed by atoms with Crippen molar-refractivity contribution in [3.8, 4) is 0 Å². The van der Waals surface area contributed by atoms with E-state index in [0.717, 1.165) is 43.7 Å². The third-order valence-electron chi connectivity index (χ3n) is 4.66. The zero-order valence-corrected chi connectivity index (χ0v) is 13.7. The van der Waals surface area contributed by atoms with Crippen molar-refractivity contribution in [1.82, 2.24) is 10.3 Å². The van der Waals surface area contributed by atoms with E-state index in [9.17, 15) is 4.79 Å². The molecule has 1 aliphatic carbocycles. The van der Waals surface area contributed by atoms with E-state index in [-0.39, 0.29) is 11.8 Å². The maximum absolute atomic E-state index is 12.3. The van der Waals surface area contributed by atoms with Crippen molar-refractivity contribution >= 4 is 11.7 Å². The van der Waals surface area contributed by atoms with E-state index >= 15 is 0 Å². The first kappa shape index (κ1) is 16.7. The van der Waals surface area contributed by atoms with Gasteiger partial charge in [-0.3, -0.25) is 4.79 Å². The summed E-state index contributed by atoms with van der Waals surface area (Å²) in [5.41, 5.74) is 6.78. The number of rotatable bonds is 7. The van der Waals surface area contributed by atoms with Crippen LogP contribution in [0.4, 0.5) is 5.82 Å². The van der Waals surface area contributed by atoms with Crippen molar-refractivity contribution in [2.75, 3.05) is 24.5 Å². The topological polar surface area (TPSA) is 71.2 Å². The van der Waals surface area contributed by atoms with Gasteiger partial charge in [0.05, 0.1) is 0 Å². The molecule has 5 heteroatoms. The number of nitrogens with zero attached hydrogens (tertiary/aromatic N) is 2. The molecule has 1 aromatic heterocycles. The maximum Gasteiger partial charge on any atom is 0.223 e. The van der Waals surface area contributed by atoms with E-state index < -0.39 is 0 Å². The van der Waals surface area contributed by atoms with Gasteiger partial charge in [0.1, 0.15) is 5.82 Å². The largest absolute Gasteiger partial charge is 0.357 e. The lowest BCUT2D eigenvalue weighted by Gasteiger charge is -2.20. The van der Waals surface area contributed by atoms with Crippen LogP contribution >= 0.6 is 0 Å². The summed E-state index contributed by atoms with van der Waals surface area (Å²) in [7, 11) is 0. The smallest absolute Gasteiger partial charge is 0.223 e. The summed E-state index contributed by atoms with van der Waals surface area (Å²) in [4.78, 5) is 18.9. The first-order valence-electron chi connectivity index (χ1n) is 8.37. The molecular formula is C17H28N4O. The molecule has 0 radical (unpaired) electrons. The summed E-state index contributed by atoms with van der Waals surface area (Å²) < 4.78 is 0. The Morgan fingerprint density at radius 2 is 2.14 bits per heavy atom. The minimum absolute atomic E-state index is 0.0907. The van der Waals surface area contributed by atoms with Crippen molar-refractivity contribution in [2.24, 2.45) is 17.6 Å². The Bertz CT molecular complexity index is 470. The van der Waals surface area contributed by atoms with Gasteiger partial charge in [0.15, 0.2) is 0 Å². The van der Waals surface area contributed by atoms with Gasteiger partial charge in [0, 0.05) is 31.7 Å². The van der Waals surface area contributed by atoms with Crippen LogP contribution in [0.5, 0.6) is 0 Å². The molecule has 0 saturated heterocycles. The Kier molecular flexibility index (Phi) is 6.19. The van der Waals surface area contributed by atoms with Crippen molar-refractivity contribution in [1.29, 1.82) is 0 Å². The second-order valence-electron chi connectivity index (χ2n) is 5.95.